The molecule has 1 aromatic heterocycles. The predicted octanol–water partition coefficient (Wildman–Crippen LogP) is 4.90. The number of nitrogens with zero attached hydrogens (tertiary/aromatic N) is 1. The highest BCUT2D eigenvalue weighted by Crippen LogP contribution is 2.17. The molecular weight excluding hydrogens is 346 g/mol. The number of hydrogen-bond acceptors (Lipinski definition) is 2. The van der Waals surface area contributed by atoms with Crippen molar-refractivity contribution in [1.29, 1.82) is 0 Å². The largest absolute Gasteiger partial charge is 0.349 e. The molecule has 1 N–H and O–H groups in total. The standard InChI is InChI=1S/C22H22F2N2O/c1-14(2)9-19(11-15-5-3-7-18(23)10-15)26-22(27)17-12-16-6-4-8-20(24)21(16)25-13-17/h3-8,10,12-14,19H,9,11H2,1-2H3,(H,26,27). The third-order valence-electron chi connectivity index (χ3n) is 4.39. The maximum absolute atomic E-state index is 13.8. The topological polar surface area (TPSA) is 42.0 Å². The molecule has 0 fully saturated rings. The summed E-state index contributed by atoms with van der Waals surface area (Å²) in [5.41, 5.74) is 1.45. The summed E-state index contributed by atoms with van der Waals surface area (Å²) in [5.74, 6) is -0.602. The average Bonchev–Trinajstić information content (AvgIpc) is 2.61. The molecule has 1 heterocycles. The average molecular weight is 368 g/mol. The van der Waals surface area contributed by atoms with Gasteiger partial charge in [-0.15, -0.1) is 0 Å². The molecule has 0 aliphatic rings. The maximum atomic E-state index is 13.8. The Morgan fingerprint density at radius 1 is 1.11 bits per heavy atom. The number of para-hydroxylation sites is 1. The van der Waals surface area contributed by atoms with Gasteiger partial charge in [-0.1, -0.05) is 38.1 Å². The fourth-order valence-corrected chi connectivity index (χ4v) is 3.23. The summed E-state index contributed by atoms with van der Waals surface area (Å²) in [4.78, 5) is 16.8. The number of nitrogens with one attached hydrogen (secondary N) is 1. The minimum Gasteiger partial charge on any atom is -0.349 e. The number of aromatic nitrogens is 1. The highest BCUT2D eigenvalue weighted by atomic mass is 19.1. The van der Waals surface area contributed by atoms with Crippen molar-refractivity contribution in [3.8, 4) is 0 Å². The molecule has 3 rings (SSSR count). The van der Waals surface area contributed by atoms with Gasteiger partial charge in [0.25, 0.3) is 5.91 Å². The van der Waals surface area contributed by atoms with Crippen LogP contribution in [0.2, 0.25) is 0 Å². The number of amides is 1. The molecule has 1 atom stereocenters. The van der Waals surface area contributed by atoms with Crippen molar-refractivity contribution in [3.63, 3.8) is 0 Å². The van der Waals surface area contributed by atoms with Crippen molar-refractivity contribution >= 4 is 16.8 Å². The first-order valence-electron chi connectivity index (χ1n) is 9.02. The molecular formula is C22H22F2N2O. The Labute approximate surface area is 157 Å². The smallest absolute Gasteiger partial charge is 0.253 e. The second kappa shape index (κ2) is 8.25. The minimum atomic E-state index is -0.414. The van der Waals surface area contributed by atoms with Crippen LogP contribution in [0, 0.1) is 17.6 Å². The van der Waals surface area contributed by atoms with Crippen molar-refractivity contribution in [2.24, 2.45) is 5.92 Å². The summed E-state index contributed by atoms with van der Waals surface area (Å²) in [5, 5.41) is 3.59. The van der Waals surface area contributed by atoms with Crippen LogP contribution < -0.4 is 5.32 Å². The van der Waals surface area contributed by atoms with E-state index in [1.54, 1.807) is 24.3 Å². The van der Waals surface area contributed by atoms with Gasteiger partial charge in [0.15, 0.2) is 0 Å². The lowest BCUT2D eigenvalue weighted by atomic mass is 9.97. The second-order valence-corrected chi connectivity index (χ2v) is 7.17. The van der Waals surface area contributed by atoms with E-state index in [9.17, 15) is 13.6 Å². The number of pyridine rings is 1. The first kappa shape index (κ1) is 19.0. The van der Waals surface area contributed by atoms with Gasteiger partial charge >= 0.3 is 0 Å². The Kier molecular flexibility index (Phi) is 5.79. The molecule has 27 heavy (non-hydrogen) atoms. The van der Waals surface area contributed by atoms with E-state index >= 15 is 0 Å². The van der Waals surface area contributed by atoms with Gasteiger partial charge in [0.2, 0.25) is 0 Å². The molecule has 0 aliphatic carbocycles. The zero-order valence-corrected chi connectivity index (χ0v) is 15.4. The zero-order chi connectivity index (χ0) is 19.4. The normalized spacial score (nSPS) is 12.3. The Bertz CT molecular complexity index is 956. The Morgan fingerprint density at radius 2 is 1.89 bits per heavy atom. The highest BCUT2D eigenvalue weighted by molar-refractivity contribution is 5.97. The van der Waals surface area contributed by atoms with E-state index in [1.807, 2.05) is 6.07 Å². The molecule has 3 nitrogen and oxygen atoms in total. The van der Waals surface area contributed by atoms with Gasteiger partial charge in [0.05, 0.1) is 5.56 Å². The number of hydrogen-bond donors (Lipinski definition) is 1. The van der Waals surface area contributed by atoms with Crippen LogP contribution in [0.3, 0.4) is 0 Å². The number of halogens is 2. The van der Waals surface area contributed by atoms with Gasteiger partial charge in [0, 0.05) is 17.6 Å². The fourth-order valence-electron chi connectivity index (χ4n) is 3.23. The quantitative estimate of drug-likeness (QED) is 0.672. The third kappa shape index (κ3) is 4.88. The van der Waals surface area contributed by atoms with Crippen LogP contribution in [0.25, 0.3) is 10.9 Å². The van der Waals surface area contributed by atoms with E-state index in [2.05, 4.69) is 24.1 Å². The molecule has 1 amide bonds. The second-order valence-electron chi connectivity index (χ2n) is 7.17. The number of carbonyl (C=O) groups excluding carboxylic acids is 1. The van der Waals surface area contributed by atoms with Crippen LogP contribution >= 0.6 is 0 Å². The molecule has 140 valence electrons. The summed E-state index contributed by atoms with van der Waals surface area (Å²) in [6.07, 6.45) is 2.69. The summed E-state index contributed by atoms with van der Waals surface area (Å²) >= 11 is 0. The predicted molar refractivity (Wildman–Crippen MR) is 103 cm³/mol. The lowest BCUT2D eigenvalue weighted by Gasteiger charge is -2.21. The van der Waals surface area contributed by atoms with E-state index in [4.69, 9.17) is 0 Å². The minimum absolute atomic E-state index is 0.137. The van der Waals surface area contributed by atoms with E-state index < -0.39 is 5.82 Å². The van der Waals surface area contributed by atoms with Crippen LogP contribution in [-0.2, 0) is 6.42 Å². The van der Waals surface area contributed by atoms with Gasteiger partial charge < -0.3 is 5.32 Å². The molecule has 0 saturated heterocycles. The number of benzene rings is 2. The molecule has 0 spiro atoms. The summed E-state index contributed by atoms with van der Waals surface area (Å²) in [6, 6.07) is 12.6. The van der Waals surface area contributed by atoms with E-state index in [-0.39, 0.29) is 23.3 Å². The van der Waals surface area contributed by atoms with Crippen LogP contribution in [0.15, 0.2) is 54.7 Å². The molecule has 2 aromatic carbocycles. The van der Waals surface area contributed by atoms with Crippen LogP contribution in [0.5, 0.6) is 0 Å². The van der Waals surface area contributed by atoms with Gasteiger partial charge in [-0.3, -0.25) is 9.78 Å². The Morgan fingerprint density at radius 3 is 2.63 bits per heavy atom. The maximum Gasteiger partial charge on any atom is 0.253 e. The fraction of sp³-hybridized carbons (Fsp3) is 0.273. The van der Waals surface area contributed by atoms with Crippen molar-refractivity contribution in [2.45, 2.75) is 32.7 Å². The van der Waals surface area contributed by atoms with Gasteiger partial charge in [-0.05, 0) is 48.6 Å². The first-order valence-corrected chi connectivity index (χ1v) is 9.02. The van der Waals surface area contributed by atoms with Gasteiger partial charge in [-0.25, -0.2) is 8.78 Å². The van der Waals surface area contributed by atoms with Crippen molar-refractivity contribution in [3.05, 3.63) is 77.5 Å². The third-order valence-corrected chi connectivity index (χ3v) is 4.39. The lowest BCUT2D eigenvalue weighted by molar-refractivity contribution is 0.0932. The molecule has 0 bridgehead atoms. The Hall–Kier alpha value is -2.82. The summed E-state index contributed by atoms with van der Waals surface area (Å²) < 4.78 is 27.2. The summed E-state index contributed by atoms with van der Waals surface area (Å²) in [6.45, 7) is 4.15. The molecule has 0 radical (unpaired) electrons. The zero-order valence-electron chi connectivity index (χ0n) is 15.4. The number of rotatable bonds is 6. The molecule has 0 aliphatic heterocycles. The Balaban J connectivity index is 1.79. The monoisotopic (exact) mass is 368 g/mol. The van der Waals surface area contributed by atoms with Gasteiger partial charge in [-0.2, -0.15) is 0 Å². The summed E-state index contributed by atoms with van der Waals surface area (Å²) in [7, 11) is 0. The lowest BCUT2D eigenvalue weighted by Crippen LogP contribution is -2.37. The van der Waals surface area contributed by atoms with Crippen LogP contribution in [0.4, 0.5) is 8.78 Å². The number of fused-ring (bicyclic) bond motifs is 1. The van der Waals surface area contributed by atoms with E-state index in [1.165, 1.54) is 24.4 Å². The van der Waals surface area contributed by atoms with Gasteiger partial charge in [0.1, 0.15) is 17.2 Å². The molecule has 0 saturated carbocycles. The van der Waals surface area contributed by atoms with Crippen LogP contribution in [-0.4, -0.2) is 16.9 Å². The highest BCUT2D eigenvalue weighted by Gasteiger charge is 2.17. The van der Waals surface area contributed by atoms with E-state index in [0.717, 1.165) is 12.0 Å². The first-order chi connectivity index (χ1) is 12.9. The van der Waals surface area contributed by atoms with E-state index in [0.29, 0.717) is 23.3 Å². The van der Waals surface area contributed by atoms with Crippen molar-refractivity contribution in [1.82, 2.24) is 10.3 Å². The number of carbonyl (C=O) groups is 1. The van der Waals surface area contributed by atoms with Crippen LogP contribution in [0.1, 0.15) is 36.2 Å². The SMILES string of the molecule is CC(C)CC(Cc1cccc(F)c1)NC(=O)c1cnc2c(F)cccc2c1. The molecule has 3 aromatic rings. The molecule has 5 heteroatoms. The molecule has 1 unspecified atom stereocenters. The van der Waals surface area contributed by atoms with Crippen molar-refractivity contribution < 1.29 is 13.6 Å². The van der Waals surface area contributed by atoms with Crippen molar-refractivity contribution in [2.75, 3.05) is 0 Å².